The molecule has 1 atom stereocenters. The minimum Gasteiger partial charge on any atom is -0.508 e. The first-order chi connectivity index (χ1) is 9.31. The van der Waals surface area contributed by atoms with Gasteiger partial charge in [-0.25, -0.2) is 4.79 Å². The third kappa shape index (κ3) is 5.93. The molecule has 1 aromatic rings. The zero-order chi connectivity index (χ0) is 15.2. The van der Waals surface area contributed by atoms with Gasteiger partial charge in [0.05, 0.1) is 0 Å². The lowest BCUT2D eigenvalue weighted by atomic mass is 9.99. The van der Waals surface area contributed by atoms with Crippen LogP contribution in [0.2, 0.25) is 0 Å². The minimum atomic E-state index is -0.514. The molecule has 0 aliphatic rings. The molecule has 0 heterocycles. The van der Waals surface area contributed by atoms with E-state index in [1.807, 2.05) is 32.9 Å². The maximum Gasteiger partial charge on any atom is 0.407 e. The van der Waals surface area contributed by atoms with Crippen LogP contribution in [-0.2, 0) is 11.2 Å². The Hall–Kier alpha value is -1.75. The van der Waals surface area contributed by atoms with E-state index < -0.39 is 11.7 Å². The van der Waals surface area contributed by atoms with Gasteiger partial charge in [0, 0.05) is 6.54 Å². The van der Waals surface area contributed by atoms with E-state index in [0.29, 0.717) is 19.5 Å². The lowest BCUT2D eigenvalue weighted by molar-refractivity contribution is 0.0520. The lowest BCUT2D eigenvalue weighted by Gasteiger charge is -2.21. The summed E-state index contributed by atoms with van der Waals surface area (Å²) < 4.78 is 5.17. The molecule has 1 aromatic carbocycles. The van der Waals surface area contributed by atoms with E-state index in [9.17, 15) is 9.90 Å². The molecule has 0 bridgehead atoms. The Kier molecular flexibility index (Phi) is 5.82. The van der Waals surface area contributed by atoms with Gasteiger partial charge in [-0.3, -0.25) is 0 Å². The van der Waals surface area contributed by atoms with Gasteiger partial charge in [0.15, 0.2) is 0 Å². The molecule has 112 valence electrons. The number of carbonyl (C=O) groups is 1. The number of benzene rings is 1. The van der Waals surface area contributed by atoms with Crippen molar-refractivity contribution in [3.8, 4) is 5.75 Å². The van der Waals surface area contributed by atoms with Crippen LogP contribution in [0, 0.1) is 5.92 Å². The van der Waals surface area contributed by atoms with Crippen molar-refractivity contribution in [2.45, 2.75) is 32.8 Å². The number of ether oxygens (including phenoxy) is 1. The number of rotatable bonds is 5. The number of aromatic hydroxyl groups is 1. The van der Waals surface area contributed by atoms with Crippen LogP contribution in [0.5, 0.6) is 5.75 Å². The van der Waals surface area contributed by atoms with Gasteiger partial charge in [0.2, 0.25) is 0 Å². The van der Waals surface area contributed by atoms with E-state index >= 15 is 0 Å². The number of amides is 1. The molecule has 1 rings (SSSR count). The SMILES string of the molecule is CC(C)(C)OC(=O)NCC(CN)Cc1ccccc1O. The zero-order valence-corrected chi connectivity index (χ0v) is 12.3. The van der Waals surface area contributed by atoms with Gasteiger partial charge in [-0.05, 0) is 51.3 Å². The highest BCUT2D eigenvalue weighted by Gasteiger charge is 2.17. The highest BCUT2D eigenvalue weighted by molar-refractivity contribution is 5.67. The van der Waals surface area contributed by atoms with Gasteiger partial charge in [0.1, 0.15) is 11.4 Å². The fraction of sp³-hybridized carbons (Fsp3) is 0.533. The summed E-state index contributed by atoms with van der Waals surface area (Å²) in [6, 6.07) is 7.13. The Morgan fingerprint density at radius 1 is 1.40 bits per heavy atom. The van der Waals surface area contributed by atoms with E-state index in [-0.39, 0.29) is 11.7 Å². The second-order valence-corrected chi connectivity index (χ2v) is 5.82. The van der Waals surface area contributed by atoms with Crippen molar-refractivity contribution >= 4 is 6.09 Å². The maximum atomic E-state index is 11.6. The largest absolute Gasteiger partial charge is 0.508 e. The molecule has 1 amide bonds. The number of hydrogen-bond donors (Lipinski definition) is 3. The summed E-state index contributed by atoms with van der Waals surface area (Å²) >= 11 is 0. The van der Waals surface area contributed by atoms with Crippen LogP contribution in [0.3, 0.4) is 0 Å². The number of alkyl carbamates (subject to hydrolysis) is 1. The average Bonchev–Trinajstić information content (AvgIpc) is 2.34. The third-order valence-corrected chi connectivity index (χ3v) is 2.77. The summed E-state index contributed by atoms with van der Waals surface area (Å²) in [4.78, 5) is 11.6. The number of carbonyl (C=O) groups excluding carboxylic acids is 1. The van der Waals surface area contributed by atoms with Crippen molar-refractivity contribution in [2.75, 3.05) is 13.1 Å². The number of phenols is 1. The molecule has 5 heteroatoms. The number of nitrogens with two attached hydrogens (primary N) is 1. The van der Waals surface area contributed by atoms with Crippen molar-refractivity contribution < 1.29 is 14.6 Å². The van der Waals surface area contributed by atoms with Crippen LogP contribution in [0.25, 0.3) is 0 Å². The first kappa shape index (κ1) is 16.3. The third-order valence-electron chi connectivity index (χ3n) is 2.77. The molecule has 0 aliphatic heterocycles. The topological polar surface area (TPSA) is 84.6 Å². The molecular formula is C15H24N2O3. The van der Waals surface area contributed by atoms with E-state index in [2.05, 4.69) is 5.32 Å². The highest BCUT2D eigenvalue weighted by Crippen LogP contribution is 2.19. The molecule has 0 aromatic heterocycles. The monoisotopic (exact) mass is 280 g/mol. The maximum absolute atomic E-state index is 11.6. The second-order valence-electron chi connectivity index (χ2n) is 5.82. The molecule has 0 aliphatic carbocycles. The lowest BCUT2D eigenvalue weighted by Crippen LogP contribution is -2.37. The van der Waals surface area contributed by atoms with E-state index in [1.165, 1.54) is 0 Å². The predicted molar refractivity (Wildman–Crippen MR) is 78.6 cm³/mol. The normalized spacial score (nSPS) is 12.8. The summed E-state index contributed by atoms with van der Waals surface area (Å²) in [6.07, 6.45) is 0.159. The molecule has 5 nitrogen and oxygen atoms in total. The van der Waals surface area contributed by atoms with Crippen LogP contribution in [-0.4, -0.2) is 29.9 Å². The standard InChI is InChI=1S/C15H24N2O3/c1-15(2,3)20-14(19)17-10-11(9-16)8-12-6-4-5-7-13(12)18/h4-7,11,18H,8-10,16H2,1-3H3,(H,17,19). The van der Waals surface area contributed by atoms with Gasteiger partial charge < -0.3 is 20.9 Å². The number of nitrogens with one attached hydrogen (secondary N) is 1. The Morgan fingerprint density at radius 2 is 2.05 bits per heavy atom. The molecule has 0 spiro atoms. The van der Waals surface area contributed by atoms with Crippen molar-refractivity contribution in [1.29, 1.82) is 0 Å². The molecule has 1 unspecified atom stereocenters. The van der Waals surface area contributed by atoms with Gasteiger partial charge >= 0.3 is 6.09 Å². The van der Waals surface area contributed by atoms with Crippen LogP contribution in [0.4, 0.5) is 4.79 Å². The van der Waals surface area contributed by atoms with Gasteiger partial charge in [-0.1, -0.05) is 18.2 Å². The molecule has 0 saturated heterocycles. The first-order valence-corrected chi connectivity index (χ1v) is 6.75. The van der Waals surface area contributed by atoms with Crippen LogP contribution in [0.15, 0.2) is 24.3 Å². The highest BCUT2D eigenvalue weighted by atomic mass is 16.6. The van der Waals surface area contributed by atoms with Crippen LogP contribution >= 0.6 is 0 Å². The summed E-state index contributed by atoms with van der Waals surface area (Å²) in [6.45, 7) is 6.28. The fourth-order valence-corrected chi connectivity index (χ4v) is 1.78. The fourth-order valence-electron chi connectivity index (χ4n) is 1.78. The van der Waals surface area contributed by atoms with Crippen molar-refractivity contribution in [1.82, 2.24) is 5.32 Å². The molecule has 0 fully saturated rings. The van der Waals surface area contributed by atoms with Crippen LogP contribution in [0.1, 0.15) is 26.3 Å². The van der Waals surface area contributed by atoms with Crippen molar-refractivity contribution in [2.24, 2.45) is 11.7 Å². The predicted octanol–water partition coefficient (Wildman–Crippen LogP) is 2.03. The first-order valence-electron chi connectivity index (χ1n) is 6.75. The van der Waals surface area contributed by atoms with Crippen LogP contribution < -0.4 is 11.1 Å². The quantitative estimate of drug-likeness (QED) is 0.770. The summed E-state index contributed by atoms with van der Waals surface area (Å²) in [7, 11) is 0. The van der Waals surface area contributed by atoms with E-state index in [1.54, 1.807) is 12.1 Å². The van der Waals surface area contributed by atoms with Gasteiger partial charge in [-0.15, -0.1) is 0 Å². The smallest absolute Gasteiger partial charge is 0.407 e. The summed E-state index contributed by atoms with van der Waals surface area (Å²) in [5.41, 5.74) is 6.02. The summed E-state index contributed by atoms with van der Waals surface area (Å²) in [5.74, 6) is 0.305. The Labute approximate surface area is 120 Å². The van der Waals surface area contributed by atoms with Gasteiger partial charge in [-0.2, -0.15) is 0 Å². The average molecular weight is 280 g/mol. The zero-order valence-electron chi connectivity index (χ0n) is 12.3. The molecule has 0 saturated carbocycles. The number of phenolic OH excluding ortho intramolecular Hbond substituents is 1. The van der Waals surface area contributed by atoms with E-state index in [0.717, 1.165) is 5.56 Å². The molecular weight excluding hydrogens is 256 g/mol. The second kappa shape index (κ2) is 7.14. The number of hydrogen-bond acceptors (Lipinski definition) is 4. The molecule has 0 radical (unpaired) electrons. The van der Waals surface area contributed by atoms with Crippen molar-refractivity contribution in [3.05, 3.63) is 29.8 Å². The number of para-hydroxylation sites is 1. The van der Waals surface area contributed by atoms with Crippen molar-refractivity contribution in [3.63, 3.8) is 0 Å². The Balaban J connectivity index is 2.48. The molecule has 20 heavy (non-hydrogen) atoms. The van der Waals surface area contributed by atoms with Gasteiger partial charge in [0.25, 0.3) is 0 Å². The molecule has 4 N–H and O–H groups in total. The minimum absolute atomic E-state index is 0.0517. The van der Waals surface area contributed by atoms with E-state index in [4.69, 9.17) is 10.5 Å². The summed E-state index contributed by atoms with van der Waals surface area (Å²) in [5, 5.41) is 12.4. The Bertz CT molecular complexity index is 441. The Morgan fingerprint density at radius 3 is 2.60 bits per heavy atom.